The van der Waals surface area contributed by atoms with Crippen LogP contribution in [-0.4, -0.2) is 4.92 Å². The van der Waals surface area contributed by atoms with Crippen molar-refractivity contribution in [2.45, 2.75) is 13.0 Å². The predicted molar refractivity (Wildman–Crippen MR) is 82.2 cm³/mol. The molecule has 0 amide bonds. The van der Waals surface area contributed by atoms with Gasteiger partial charge in [-0.25, -0.2) is 0 Å². The second-order valence-corrected chi connectivity index (χ2v) is 6.13. The van der Waals surface area contributed by atoms with E-state index in [9.17, 15) is 10.1 Å². The number of hydrogen-bond donors (Lipinski definition) is 1. The molecule has 1 aromatic carbocycles. The van der Waals surface area contributed by atoms with Crippen LogP contribution in [0.3, 0.4) is 0 Å². The number of rotatable bonds is 4. The maximum absolute atomic E-state index is 10.7. The summed E-state index contributed by atoms with van der Waals surface area (Å²) in [5.74, 6) is 0. The molecule has 7 heteroatoms. The second-order valence-electron chi connectivity index (χ2n) is 3.92. The SMILES string of the molecule is CC(Nc1ccc([N+](=O)[O-])c(Cl)c1)c1sccc1Br. The van der Waals surface area contributed by atoms with Crippen molar-refractivity contribution in [1.82, 2.24) is 0 Å². The molecule has 0 aliphatic rings. The Hall–Kier alpha value is -1.11. The first kappa shape index (κ1) is 14.3. The van der Waals surface area contributed by atoms with Crippen LogP contribution < -0.4 is 5.32 Å². The third-order valence-corrected chi connectivity index (χ3v) is 4.92. The minimum absolute atomic E-state index is 0.0860. The number of nitro groups is 1. The molecule has 4 nitrogen and oxygen atoms in total. The molecule has 19 heavy (non-hydrogen) atoms. The third-order valence-electron chi connectivity index (χ3n) is 2.57. The Labute approximate surface area is 127 Å². The highest BCUT2D eigenvalue weighted by Crippen LogP contribution is 2.33. The van der Waals surface area contributed by atoms with Crippen molar-refractivity contribution in [2.24, 2.45) is 0 Å². The van der Waals surface area contributed by atoms with Gasteiger partial charge in [-0.15, -0.1) is 11.3 Å². The van der Waals surface area contributed by atoms with Crippen LogP contribution in [0.4, 0.5) is 11.4 Å². The van der Waals surface area contributed by atoms with Gasteiger partial charge in [-0.2, -0.15) is 0 Å². The average molecular weight is 362 g/mol. The Balaban J connectivity index is 2.18. The maximum Gasteiger partial charge on any atom is 0.288 e. The smallest absolute Gasteiger partial charge is 0.288 e. The van der Waals surface area contributed by atoms with E-state index >= 15 is 0 Å². The van der Waals surface area contributed by atoms with E-state index in [4.69, 9.17) is 11.6 Å². The van der Waals surface area contributed by atoms with Crippen LogP contribution in [-0.2, 0) is 0 Å². The maximum atomic E-state index is 10.7. The van der Waals surface area contributed by atoms with Crippen LogP contribution in [0.5, 0.6) is 0 Å². The molecule has 1 atom stereocenters. The normalized spacial score (nSPS) is 12.2. The second kappa shape index (κ2) is 5.90. The minimum atomic E-state index is -0.495. The first-order valence-electron chi connectivity index (χ1n) is 5.42. The molecule has 0 aliphatic carbocycles. The van der Waals surface area contributed by atoms with Crippen molar-refractivity contribution in [1.29, 1.82) is 0 Å². The molecule has 0 fully saturated rings. The lowest BCUT2D eigenvalue weighted by atomic mass is 10.2. The quantitative estimate of drug-likeness (QED) is 0.598. The predicted octanol–water partition coefficient (Wildman–Crippen LogP) is 5.25. The van der Waals surface area contributed by atoms with Gasteiger partial charge in [-0.3, -0.25) is 10.1 Å². The lowest BCUT2D eigenvalue weighted by Gasteiger charge is -2.14. The number of nitrogens with one attached hydrogen (secondary N) is 1. The van der Waals surface area contributed by atoms with Gasteiger partial charge in [0.25, 0.3) is 5.69 Å². The molecule has 0 aliphatic heterocycles. The fourth-order valence-corrected chi connectivity index (χ4v) is 3.65. The number of anilines is 1. The van der Waals surface area contributed by atoms with E-state index in [0.29, 0.717) is 0 Å². The molecule has 1 unspecified atom stereocenters. The van der Waals surface area contributed by atoms with Gasteiger partial charge in [0.15, 0.2) is 0 Å². The lowest BCUT2D eigenvalue weighted by molar-refractivity contribution is -0.384. The van der Waals surface area contributed by atoms with Crippen LogP contribution in [0.1, 0.15) is 17.8 Å². The standard InChI is InChI=1S/C12H10BrClN2O2S/c1-7(12-9(13)4-5-19-12)15-8-2-3-11(16(17)18)10(14)6-8/h2-7,15H,1H3. The first-order chi connectivity index (χ1) is 8.99. The van der Waals surface area contributed by atoms with Crippen molar-refractivity contribution in [3.05, 3.63) is 54.1 Å². The molecule has 2 aromatic rings. The molecule has 0 bridgehead atoms. The van der Waals surface area contributed by atoms with Crippen molar-refractivity contribution in [2.75, 3.05) is 5.32 Å². The van der Waals surface area contributed by atoms with E-state index in [-0.39, 0.29) is 16.8 Å². The molecular weight excluding hydrogens is 352 g/mol. The highest BCUT2D eigenvalue weighted by molar-refractivity contribution is 9.10. The summed E-state index contributed by atoms with van der Waals surface area (Å²) in [7, 11) is 0. The van der Waals surface area contributed by atoms with Gasteiger partial charge < -0.3 is 5.32 Å². The first-order valence-corrected chi connectivity index (χ1v) is 7.47. The highest BCUT2D eigenvalue weighted by atomic mass is 79.9. The number of nitro benzene ring substituents is 1. The Bertz CT molecular complexity index is 618. The monoisotopic (exact) mass is 360 g/mol. The fraction of sp³-hybridized carbons (Fsp3) is 0.167. The van der Waals surface area contributed by atoms with Crippen LogP contribution in [0.2, 0.25) is 5.02 Å². The van der Waals surface area contributed by atoms with E-state index in [1.165, 1.54) is 6.07 Å². The van der Waals surface area contributed by atoms with Crippen LogP contribution in [0, 0.1) is 10.1 Å². The molecule has 0 saturated heterocycles. The zero-order valence-corrected chi connectivity index (χ0v) is 13.1. The lowest BCUT2D eigenvalue weighted by Crippen LogP contribution is -2.05. The Morgan fingerprint density at radius 2 is 2.21 bits per heavy atom. The molecule has 0 saturated carbocycles. The molecule has 0 spiro atoms. The largest absolute Gasteiger partial charge is 0.378 e. The fourth-order valence-electron chi connectivity index (χ4n) is 1.67. The van der Waals surface area contributed by atoms with Crippen LogP contribution >= 0.6 is 38.9 Å². The third kappa shape index (κ3) is 3.26. The molecule has 0 radical (unpaired) electrons. The number of thiophene rings is 1. The van der Waals surface area contributed by atoms with Gasteiger partial charge in [0.1, 0.15) is 5.02 Å². The van der Waals surface area contributed by atoms with Crippen molar-refractivity contribution >= 4 is 50.2 Å². The molecule has 1 heterocycles. The number of benzene rings is 1. The number of halogens is 2. The average Bonchev–Trinajstić information content (AvgIpc) is 2.75. The minimum Gasteiger partial charge on any atom is -0.378 e. The van der Waals surface area contributed by atoms with Gasteiger partial charge in [-0.1, -0.05) is 11.6 Å². The number of hydrogen-bond acceptors (Lipinski definition) is 4. The van der Waals surface area contributed by atoms with Crippen molar-refractivity contribution < 1.29 is 4.92 Å². The Kier molecular flexibility index (Phi) is 4.44. The summed E-state index contributed by atoms with van der Waals surface area (Å²) in [6, 6.07) is 6.70. The summed E-state index contributed by atoms with van der Waals surface area (Å²) in [5, 5.41) is 16.1. The van der Waals surface area contributed by atoms with Gasteiger partial charge in [-0.05, 0) is 46.4 Å². The van der Waals surface area contributed by atoms with Crippen molar-refractivity contribution in [3.8, 4) is 0 Å². The molecule has 2 rings (SSSR count). The van der Waals surface area contributed by atoms with E-state index in [1.807, 2.05) is 18.4 Å². The highest BCUT2D eigenvalue weighted by Gasteiger charge is 2.14. The number of nitrogens with zero attached hydrogens (tertiary/aromatic N) is 1. The molecular formula is C12H10BrClN2O2S. The van der Waals surface area contributed by atoms with Gasteiger partial charge in [0.2, 0.25) is 0 Å². The summed E-state index contributed by atoms with van der Waals surface area (Å²) in [6.07, 6.45) is 0. The van der Waals surface area contributed by atoms with Gasteiger partial charge in [0.05, 0.1) is 11.0 Å². The molecule has 1 N–H and O–H groups in total. The Morgan fingerprint density at radius 1 is 1.47 bits per heavy atom. The molecule has 1 aromatic heterocycles. The summed E-state index contributed by atoms with van der Waals surface area (Å²) in [5.41, 5.74) is 0.667. The summed E-state index contributed by atoms with van der Waals surface area (Å²) in [4.78, 5) is 11.3. The summed E-state index contributed by atoms with van der Waals surface area (Å²) >= 11 is 11.0. The van der Waals surface area contributed by atoms with Crippen LogP contribution in [0.15, 0.2) is 34.1 Å². The van der Waals surface area contributed by atoms with E-state index in [0.717, 1.165) is 15.0 Å². The van der Waals surface area contributed by atoms with Crippen molar-refractivity contribution in [3.63, 3.8) is 0 Å². The topological polar surface area (TPSA) is 55.2 Å². The van der Waals surface area contributed by atoms with E-state index in [2.05, 4.69) is 21.2 Å². The van der Waals surface area contributed by atoms with Crippen LogP contribution in [0.25, 0.3) is 0 Å². The summed E-state index contributed by atoms with van der Waals surface area (Å²) in [6.45, 7) is 2.02. The van der Waals surface area contributed by atoms with Gasteiger partial charge in [0, 0.05) is 21.1 Å². The zero-order chi connectivity index (χ0) is 14.0. The van der Waals surface area contributed by atoms with E-state index in [1.54, 1.807) is 23.5 Å². The summed E-state index contributed by atoms with van der Waals surface area (Å²) < 4.78 is 1.05. The molecule has 100 valence electrons. The zero-order valence-electron chi connectivity index (χ0n) is 9.89. The Morgan fingerprint density at radius 3 is 2.74 bits per heavy atom. The van der Waals surface area contributed by atoms with Gasteiger partial charge >= 0.3 is 0 Å². The van der Waals surface area contributed by atoms with E-state index < -0.39 is 4.92 Å².